The van der Waals surface area contributed by atoms with Crippen molar-refractivity contribution in [3.8, 4) is 11.1 Å². The summed E-state index contributed by atoms with van der Waals surface area (Å²) in [5, 5.41) is 6.01. The SMILES string of the molecule is CC(C)(C)c1ccc(N2B3c4sc5ccc(C(C)(C)C)cc5c4N(c4ccc(C(C)(C)C)cc4)c4cc5c(oc6ccccc65)c(c43)-c3cc4c(cc32)sc2ccc(N(c3ccc(C(C)(C)C)cc3)c3ccc(C(C)(C)C)cc3)cc24)cc1. The Morgan fingerprint density at radius 1 is 0.398 bits per heavy atom. The zero-order valence-electron chi connectivity index (χ0n) is 50.9. The number of benzene rings is 9. The number of para-hydroxylation sites is 1. The minimum absolute atomic E-state index is 0.000476. The van der Waals surface area contributed by atoms with Gasteiger partial charge in [0.2, 0.25) is 0 Å². The fraction of sp³-hybridized carbons (Fsp3) is 0.263. The fourth-order valence-electron chi connectivity index (χ4n) is 13.0. The Balaban J connectivity index is 1.08. The first-order valence-corrected chi connectivity index (χ1v) is 31.3. The second kappa shape index (κ2) is 18.5. The molecule has 0 atom stereocenters. The molecule has 414 valence electrons. The molecule has 0 N–H and O–H groups in total. The van der Waals surface area contributed by atoms with Gasteiger partial charge in [-0.2, -0.15) is 0 Å². The van der Waals surface area contributed by atoms with Gasteiger partial charge in [0.1, 0.15) is 11.2 Å². The van der Waals surface area contributed by atoms with E-state index in [0.717, 1.165) is 44.7 Å². The topological polar surface area (TPSA) is 22.9 Å². The van der Waals surface area contributed by atoms with E-state index in [0.29, 0.717) is 0 Å². The first-order chi connectivity index (χ1) is 39.3. The highest BCUT2D eigenvalue weighted by molar-refractivity contribution is 7.32. The van der Waals surface area contributed by atoms with Crippen LogP contribution in [0.25, 0.3) is 63.3 Å². The number of rotatable bonds is 5. The Hall–Kier alpha value is -7.58. The third kappa shape index (κ3) is 8.73. The molecule has 0 saturated heterocycles. The van der Waals surface area contributed by atoms with E-state index in [1.54, 1.807) is 0 Å². The third-order valence-corrected chi connectivity index (χ3v) is 20.2. The average Bonchev–Trinajstić information content (AvgIpc) is 3.60. The number of nitrogens with zero attached hydrogens (tertiary/aromatic N) is 3. The van der Waals surface area contributed by atoms with Gasteiger partial charge in [-0.25, -0.2) is 0 Å². The molecule has 9 aromatic carbocycles. The summed E-state index contributed by atoms with van der Waals surface area (Å²) in [4.78, 5) is 7.76. The maximum Gasteiger partial charge on any atom is 0.343 e. The molecule has 0 aliphatic carbocycles. The lowest BCUT2D eigenvalue weighted by molar-refractivity contribution is 0.590. The molecule has 5 heterocycles. The van der Waals surface area contributed by atoms with Gasteiger partial charge < -0.3 is 19.0 Å². The number of furan rings is 1. The predicted molar refractivity (Wildman–Crippen MR) is 364 cm³/mol. The molecule has 0 fully saturated rings. The summed E-state index contributed by atoms with van der Waals surface area (Å²) >= 11 is 3.84. The van der Waals surface area contributed by atoms with Crippen LogP contribution in [0.3, 0.4) is 0 Å². The van der Waals surface area contributed by atoms with Crippen LogP contribution in [0.5, 0.6) is 0 Å². The van der Waals surface area contributed by atoms with Gasteiger partial charge in [-0.1, -0.05) is 177 Å². The predicted octanol–water partition coefficient (Wildman–Crippen LogP) is 21.8. The quantitative estimate of drug-likeness (QED) is 0.160. The Morgan fingerprint density at radius 2 is 0.892 bits per heavy atom. The van der Waals surface area contributed by atoms with Gasteiger partial charge in [-0.05, 0) is 163 Å². The smallest absolute Gasteiger partial charge is 0.343 e. The van der Waals surface area contributed by atoms with Crippen LogP contribution in [-0.4, -0.2) is 6.85 Å². The summed E-state index contributed by atoms with van der Waals surface area (Å²) in [5.74, 6) is 0. The van der Waals surface area contributed by atoms with Crippen molar-refractivity contribution in [1.29, 1.82) is 0 Å². The molecule has 0 spiro atoms. The van der Waals surface area contributed by atoms with E-state index in [-0.39, 0.29) is 33.9 Å². The van der Waals surface area contributed by atoms with Crippen molar-refractivity contribution in [2.24, 2.45) is 0 Å². The largest absolute Gasteiger partial charge is 0.455 e. The van der Waals surface area contributed by atoms with Crippen molar-refractivity contribution < 1.29 is 4.42 Å². The molecule has 14 rings (SSSR count). The van der Waals surface area contributed by atoms with Gasteiger partial charge in [-0.3, -0.25) is 0 Å². The number of fused-ring (bicyclic) bond motifs is 13. The van der Waals surface area contributed by atoms with Gasteiger partial charge in [0.25, 0.3) is 0 Å². The van der Waals surface area contributed by atoms with Crippen molar-refractivity contribution >= 4 is 137 Å². The number of hydrogen-bond acceptors (Lipinski definition) is 6. The van der Waals surface area contributed by atoms with Gasteiger partial charge in [0, 0.05) is 96.7 Å². The van der Waals surface area contributed by atoms with Crippen LogP contribution in [0.2, 0.25) is 0 Å². The third-order valence-electron chi connectivity index (χ3n) is 17.8. The van der Waals surface area contributed by atoms with E-state index in [1.807, 2.05) is 22.7 Å². The van der Waals surface area contributed by atoms with E-state index in [9.17, 15) is 0 Å². The average molecular weight is 1120 g/mol. The molecule has 0 unspecified atom stereocenters. The van der Waals surface area contributed by atoms with Crippen LogP contribution >= 0.6 is 22.7 Å². The van der Waals surface area contributed by atoms with Crippen LogP contribution in [0.4, 0.5) is 45.5 Å². The molecule has 7 heteroatoms. The van der Waals surface area contributed by atoms with Crippen LogP contribution in [0.1, 0.15) is 132 Å². The number of hydrogen-bond donors (Lipinski definition) is 0. The maximum absolute atomic E-state index is 7.32. The normalized spacial score (nSPS) is 13.9. The molecule has 83 heavy (non-hydrogen) atoms. The van der Waals surface area contributed by atoms with Crippen LogP contribution in [-0.2, 0) is 27.1 Å². The van der Waals surface area contributed by atoms with Crippen molar-refractivity contribution in [3.63, 3.8) is 0 Å². The molecule has 0 saturated carbocycles. The van der Waals surface area contributed by atoms with E-state index in [4.69, 9.17) is 4.42 Å². The van der Waals surface area contributed by atoms with Gasteiger partial charge in [0.15, 0.2) is 0 Å². The van der Waals surface area contributed by atoms with Crippen LogP contribution < -0.4 is 24.9 Å². The van der Waals surface area contributed by atoms with Gasteiger partial charge in [-0.15, -0.1) is 22.7 Å². The Bertz CT molecular complexity index is 4510. The highest BCUT2D eigenvalue weighted by atomic mass is 32.1. The van der Waals surface area contributed by atoms with E-state index in [1.165, 1.54) is 102 Å². The fourth-order valence-corrected chi connectivity index (χ4v) is 15.4. The molecule has 2 aliphatic heterocycles. The number of thiophene rings is 2. The molecule has 0 amide bonds. The Morgan fingerprint density at radius 3 is 1.47 bits per heavy atom. The molecular formula is C76H74BN3OS2. The molecule has 4 nitrogen and oxygen atoms in total. The maximum atomic E-state index is 7.32. The van der Waals surface area contributed by atoms with E-state index < -0.39 is 0 Å². The van der Waals surface area contributed by atoms with E-state index in [2.05, 4.69) is 294 Å². The van der Waals surface area contributed by atoms with Crippen molar-refractivity contribution in [2.45, 2.75) is 131 Å². The standard InChI is InChI=1S/C76H74BN3OS2/c1-72(2,3)45-20-29-50(30-21-45)78(51-31-22-46(23-32-51)73(4,5)6)54-37-39-64-56(41-54)57-42-59-61(44-66(57)82-64)80(53-35-26-48(27-36-53)75(10,11)12)77-68-62(43-58-55-18-16-17-19-63(55)81-70(58)67(59)68)79(52-33-24-47(25-34-52)74(7,8)9)69-60-40-49(76(13,14)15)28-38-65(60)83-71(69)77/h16-44H,1-15H3. The monoisotopic (exact) mass is 1120 g/mol. The number of anilines is 8. The summed E-state index contributed by atoms with van der Waals surface area (Å²) in [6, 6.07) is 67.9. The molecule has 2 aliphatic rings. The van der Waals surface area contributed by atoms with Crippen molar-refractivity contribution in [3.05, 3.63) is 204 Å². The summed E-state index contributed by atoms with van der Waals surface area (Å²) in [5.41, 5.74) is 21.4. The summed E-state index contributed by atoms with van der Waals surface area (Å²) in [6.45, 7) is 34.4. The first kappa shape index (κ1) is 53.4. The minimum Gasteiger partial charge on any atom is -0.455 e. The van der Waals surface area contributed by atoms with Crippen LogP contribution in [0.15, 0.2) is 180 Å². The zero-order chi connectivity index (χ0) is 58.0. The van der Waals surface area contributed by atoms with Gasteiger partial charge >= 0.3 is 6.85 Å². The second-order valence-electron chi connectivity index (χ2n) is 28.7. The second-order valence-corrected chi connectivity index (χ2v) is 30.9. The Kier molecular flexibility index (Phi) is 11.9. The lowest BCUT2D eigenvalue weighted by atomic mass is 9.46. The lowest BCUT2D eigenvalue weighted by Crippen LogP contribution is -2.60. The van der Waals surface area contributed by atoms with E-state index >= 15 is 0 Å². The van der Waals surface area contributed by atoms with Crippen molar-refractivity contribution in [1.82, 2.24) is 0 Å². The molecule has 12 aromatic rings. The van der Waals surface area contributed by atoms with Crippen molar-refractivity contribution in [2.75, 3.05) is 14.6 Å². The summed E-state index contributed by atoms with van der Waals surface area (Å²) in [7, 11) is 0. The molecule has 3 aromatic heterocycles. The molecule has 0 radical (unpaired) electrons. The highest BCUT2D eigenvalue weighted by Gasteiger charge is 2.49. The molecular weight excluding hydrogens is 1050 g/mol. The Labute approximate surface area is 499 Å². The summed E-state index contributed by atoms with van der Waals surface area (Å²) in [6.07, 6.45) is 0. The lowest BCUT2D eigenvalue weighted by Gasteiger charge is -2.44. The highest BCUT2D eigenvalue weighted by Crippen LogP contribution is 2.55. The molecule has 0 bridgehead atoms. The minimum atomic E-state index is -0.178. The zero-order valence-corrected chi connectivity index (χ0v) is 52.5. The van der Waals surface area contributed by atoms with Crippen LogP contribution in [0, 0.1) is 0 Å². The summed E-state index contributed by atoms with van der Waals surface area (Å²) < 4.78 is 12.4. The van der Waals surface area contributed by atoms with Gasteiger partial charge in [0.05, 0.1) is 5.69 Å². The first-order valence-electron chi connectivity index (χ1n) is 29.7.